The Labute approximate surface area is 128 Å². The molecule has 116 valence electrons. The van der Waals surface area contributed by atoms with Crippen molar-refractivity contribution in [2.75, 3.05) is 17.9 Å². The summed E-state index contributed by atoms with van der Waals surface area (Å²) in [5, 5.41) is 2.64. The molecule has 0 aliphatic carbocycles. The van der Waals surface area contributed by atoms with Gasteiger partial charge in [-0.1, -0.05) is 19.3 Å². The molecule has 0 saturated carbocycles. The molecule has 1 rings (SSSR count). The first kappa shape index (κ1) is 17.8. The van der Waals surface area contributed by atoms with Crippen LogP contribution in [-0.2, 0) is 10.0 Å². The van der Waals surface area contributed by atoms with Crippen LogP contribution in [0.15, 0.2) is 12.3 Å². The van der Waals surface area contributed by atoms with E-state index in [0.717, 1.165) is 0 Å². The Morgan fingerprint density at radius 2 is 2.00 bits per heavy atom. The number of nitrogens with one attached hydrogen (secondary N) is 2. The third-order valence-corrected chi connectivity index (χ3v) is 4.38. The fourth-order valence-electron chi connectivity index (χ4n) is 1.42. The fourth-order valence-corrected chi connectivity index (χ4v) is 2.11. The number of nitrogens with zero attached hydrogens (tertiary/aromatic N) is 1. The van der Waals surface area contributed by atoms with E-state index in [2.05, 4.69) is 15.0 Å². The van der Waals surface area contributed by atoms with Crippen molar-refractivity contribution >= 4 is 29.0 Å². The predicted octanol–water partition coefficient (Wildman–Crippen LogP) is 0.402. The molecule has 21 heavy (non-hydrogen) atoms. The highest BCUT2D eigenvalue weighted by molar-refractivity contribution is 7.93. The quantitative estimate of drug-likeness (QED) is 0.537. The van der Waals surface area contributed by atoms with Gasteiger partial charge in [0.15, 0.2) is 0 Å². The number of rotatable bonds is 8. The van der Waals surface area contributed by atoms with Crippen molar-refractivity contribution in [1.82, 2.24) is 10.3 Å². The van der Waals surface area contributed by atoms with E-state index >= 15 is 0 Å². The minimum Gasteiger partial charge on any atom is -0.475 e. The molecule has 0 unspecified atom stereocenters. The van der Waals surface area contributed by atoms with Gasteiger partial charge in [-0.15, -0.1) is 0 Å². The molecule has 0 amide bonds. The van der Waals surface area contributed by atoms with Gasteiger partial charge in [0.2, 0.25) is 15.9 Å². The van der Waals surface area contributed by atoms with E-state index in [9.17, 15) is 8.42 Å². The van der Waals surface area contributed by atoms with Crippen LogP contribution < -0.4 is 20.2 Å². The first-order valence-corrected chi connectivity index (χ1v) is 8.40. The molecule has 0 atom stereocenters. The van der Waals surface area contributed by atoms with Crippen LogP contribution in [0.4, 0.5) is 5.69 Å². The number of aromatic nitrogens is 1. The van der Waals surface area contributed by atoms with Crippen molar-refractivity contribution in [3.05, 3.63) is 12.3 Å². The van der Waals surface area contributed by atoms with Gasteiger partial charge in [0.25, 0.3) is 0 Å². The number of anilines is 1. The lowest BCUT2D eigenvalue weighted by atomic mass is 9.99. The van der Waals surface area contributed by atoms with E-state index in [1.807, 2.05) is 13.8 Å². The molecule has 0 aromatic carbocycles. The third kappa shape index (κ3) is 5.93. The smallest absolute Gasteiger partial charge is 0.238 e. The molecular weight excluding hydrogens is 289 g/mol. The molecule has 0 aliphatic heterocycles. The maximum absolute atomic E-state index is 11.9. The molecule has 6 nitrogen and oxygen atoms in total. The summed E-state index contributed by atoms with van der Waals surface area (Å²) in [5.74, 6) is 0.221. The van der Waals surface area contributed by atoms with E-state index in [-0.39, 0.29) is 11.6 Å². The lowest BCUT2D eigenvalue weighted by Gasteiger charge is -2.15. The Hall–Kier alpha value is -1.28. The van der Waals surface area contributed by atoms with Gasteiger partial charge in [0, 0.05) is 18.8 Å². The van der Waals surface area contributed by atoms with Crippen molar-refractivity contribution in [3.8, 4) is 5.88 Å². The Morgan fingerprint density at radius 1 is 1.33 bits per heavy atom. The summed E-state index contributed by atoms with van der Waals surface area (Å²) in [6, 6.07) is 1.85. The van der Waals surface area contributed by atoms with E-state index in [1.54, 1.807) is 13.8 Å². The maximum atomic E-state index is 11.9. The van der Waals surface area contributed by atoms with Crippen molar-refractivity contribution in [1.29, 1.82) is 0 Å². The van der Waals surface area contributed by atoms with Gasteiger partial charge in [-0.2, -0.15) is 0 Å². The van der Waals surface area contributed by atoms with E-state index in [1.165, 1.54) is 12.3 Å². The lowest BCUT2D eigenvalue weighted by molar-refractivity contribution is 0.299. The van der Waals surface area contributed by atoms with Gasteiger partial charge in [-0.25, -0.2) is 13.4 Å². The van der Waals surface area contributed by atoms with Crippen molar-refractivity contribution in [3.63, 3.8) is 0 Å². The minimum absolute atomic E-state index is 0.221. The average Bonchev–Trinajstić information content (AvgIpc) is 2.35. The second-order valence-electron chi connectivity index (χ2n) is 5.27. The second kappa shape index (κ2) is 7.65. The Morgan fingerprint density at radius 3 is 2.57 bits per heavy atom. The van der Waals surface area contributed by atoms with Crippen LogP contribution >= 0.6 is 0 Å². The zero-order chi connectivity index (χ0) is 16.0. The largest absolute Gasteiger partial charge is 0.475 e. The molecule has 0 saturated heterocycles. The number of hydrogen-bond donors (Lipinski definition) is 2. The summed E-state index contributed by atoms with van der Waals surface area (Å²) < 4.78 is 31.8. The van der Waals surface area contributed by atoms with E-state index < -0.39 is 15.3 Å². The highest BCUT2D eigenvalue weighted by atomic mass is 32.2. The number of sulfonamides is 1. The topological polar surface area (TPSA) is 80.3 Å². The third-order valence-electron chi connectivity index (χ3n) is 2.64. The molecule has 2 radical (unpaired) electrons. The van der Waals surface area contributed by atoms with Gasteiger partial charge < -0.3 is 10.1 Å². The molecule has 1 aromatic heterocycles. The summed E-state index contributed by atoms with van der Waals surface area (Å²) in [6.45, 7) is 8.27. The molecule has 0 aliphatic rings. The average molecular weight is 311 g/mol. The Balaban J connectivity index is 2.80. The SMILES string of the molecule is [B]c1cnc(OCCNC(C)C)c(NS(=O)(=O)C(C)C)c1. The Kier molecular flexibility index (Phi) is 6.48. The molecule has 8 heteroatoms. The molecule has 0 spiro atoms. The van der Waals surface area contributed by atoms with Crippen LogP contribution in [0.3, 0.4) is 0 Å². The molecule has 0 bridgehead atoms. The maximum Gasteiger partial charge on any atom is 0.238 e. The summed E-state index contributed by atoms with van der Waals surface area (Å²) >= 11 is 0. The van der Waals surface area contributed by atoms with Crippen molar-refractivity contribution in [2.45, 2.75) is 39.0 Å². The van der Waals surface area contributed by atoms with Crippen LogP contribution in [-0.4, -0.2) is 45.7 Å². The number of pyridine rings is 1. The zero-order valence-electron chi connectivity index (χ0n) is 12.9. The highest BCUT2D eigenvalue weighted by Crippen LogP contribution is 2.21. The first-order chi connectivity index (χ1) is 9.72. The Bertz CT molecular complexity index is 562. The van der Waals surface area contributed by atoms with E-state index in [0.29, 0.717) is 24.7 Å². The minimum atomic E-state index is -3.48. The summed E-state index contributed by atoms with van der Waals surface area (Å²) in [5.41, 5.74) is 0.623. The van der Waals surface area contributed by atoms with Gasteiger partial charge in [0.1, 0.15) is 20.1 Å². The predicted molar refractivity (Wildman–Crippen MR) is 85.9 cm³/mol. The van der Waals surface area contributed by atoms with E-state index in [4.69, 9.17) is 12.6 Å². The van der Waals surface area contributed by atoms with Gasteiger partial charge >= 0.3 is 0 Å². The van der Waals surface area contributed by atoms with Gasteiger partial charge in [-0.3, -0.25) is 4.72 Å². The van der Waals surface area contributed by atoms with Crippen LogP contribution in [0, 0.1) is 0 Å². The zero-order valence-corrected chi connectivity index (χ0v) is 13.7. The molecule has 2 N–H and O–H groups in total. The standard InChI is InChI=1S/C13H22BN3O3S/c1-9(2)15-5-6-20-13-12(7-11(14)8-16-13)17-21(18,19)10(3)4/h7-10,15,17H,5-6H2,1-4H3. The molecular formula is C13H22BN3O3S. The first-order valence-electron chi connectivity index (χ1n) is 6.85. The van der Waals surface area contributed by atoms with Crippen LogP contribution in [0.2, 0.25) is 0 Å². The summed E-state index contributed by atoms with van der Waals surface area (Å²) in [6.07, 6.45) is 1.43. The second-order valence-corrected chi connectivity index (χ2v) is 7.51. The lowest BCUT2D eigenvalue weighted by Crippen LogP contribution is -2.28. The highest BCUT2D eigenvalue weighted by Gasteiger charge is 2.18. The van der Waals surface area contributed by atoms with Crippen LogP contribution in [0.25, 0.3) is 0 Å². The van der Waals surface area contributed by atoms with Gasteiger partial charge in [-0.05, 0) is 19.9 Å². The molecule has 1 heterocycles. The normalized spacial score (nSPS) is 11.9. The van der Waals surface area contributed by atoms with Crippen molar-refractivity contribution in [2.24, 2.45) is 0 Å². The molecule has 1 aromatic rings. The number of ether oxygens (including phenoxy) is 1. The van der Waals surface area contributed by atoms with Gasteiger partial charge in [0.05, 0.1) is 5.25 Å². The monoisotopic (exact) mass is 311 g/mol. The fraction of sp³-hybridized carbons (Fsp3) is 0.615. The number of hydrogen-bond acceptors (Lipinski definition) is 5. The van der Waals surface area contributed by atoms with Crippen LogP contribution in [0.5, 0.6) is 5.88 Å². The van der Waals surface area contributed by atoms with Crippen molar-refractivity contribution < 1.29 is 13.2 Å². The summed E-state index contributed by atoms with van der Waals surface area (Å²) in [7, 11) is 2.18. The van der Waals surface area contributed by atoms with Crippen LogP contribution in [0.1, 0.15) is 27.7 Å². The molecule has 0 fully saturated rings. The summed E-state index contributed by atoms with van der Waals surface area (Å²) in [4.78, 5) is 4.04.